The Balaban J connectivity index is 1.90. The van der Waals surface area contributed by atoms with Crippen molar-refractivity contribution in [3.63, 3.8) is 0 Å². The average molecular weight is 294 g/mol. The number of benzene rings is 1. The largest absolute Gasteiger partial charge is 0.478 e. The van der Waals surface area contributed by atoms with E-state index < -0.39 is 9.84 Å². The molecule has 1 N–H and O–H groups in total. The zero-order chi connectivity index (χ0) is 14.4. The van der Waals surface area contributed by atoms with Crippen molar-refractivity contribution in [3.8, 4) is 11.8 Å². The van der Waals surface area contributed by atoms with E-state index in [0.717, 1.165) is 18.4 Å². The van der Waals surface area contributed by atoms with Crippen molar-refractivity contribution < 1.29 is 13.2 Å². The predicted octanol–water partition coefficient (Wildman–Crippen LogP) is 1.26. The summed E-state index contributed by atoms with van der Waals surface area (Å²) in [6.45, 7) is 1.01. The first-order valence-electron chi connectivity index (χ1n) is 6.63. The van der Waals surface area contributed by atoms with E-state index in [-0.39, 0.29) is 11.9 Å². The van der Waals surface area contributed by atoms with E-state index in [1.54, 1.807) is 6.07 Å². The van der Waals surface area contributed by atoms with Gasteiger partial charge in [-0.25, -0.2) is 8.42 Å². The standard InChI is InChI=1S/C14H18N2O3S/c15-7-8-19-14-6-2-1-4-12(14)10-16-11-13-5-3-9-20(13,17)18/h1-2,4,6,13,16H,3,5,8-11H2. The topological polar surface area (TPSA) is 79.2 Å². The van der Waals surface area contributed by atoms with Gasteiger partial charge in [-0.05, 0) is 18.9 Å². The highest BCUT2D eigenvalue weighted by Gasteiger charge is 2.30. The monoisotopic (exact) mass is 294 g/mol. The summed E-state index contributed by atoms with van der Waals surface area (Å²) in [5.41, 5.74) is 0.929. The third kappa shape index (κ3) is 3.71. The molecule has 2 rings (SSSR count). The molecule has 0 bridgehead atoms. The van der Waals surface area contributed by atoms with Crippen LogP contribution in [0.5, 0.6) is 5.75 Å². The summed E-state index contributed by atoms with van der Waals surface area (Å²) in [5, 5.41) is 11.4. The van der Waals surface area contributed by atoms with Gasteiger partial charge in [-0.1, -0.05) is 18.2 Å². The normalized spacial score (nSPS) is 20.4. The molecule has 0 radical (unpaired) electrons. The lowest BCUT2D eigenvalue weighted by Crippen LogP contribution is -2.30. The molecular formula is C14H18N2O3S. The van der Waals surface area contributed by atoms with Crippen LogP contribution in [0, 0.1) is 11.3 Å². The van der Waals surface area contributed by atoms with Gasteiger partial charge in [-0.2, -0.15) is 5.26 Å². The van der Waals surface area contributed by atoms with E-state index in [1.165, 1.54) is 0 Å². The zero-order valence-electron chi connectivity index (χ0n) is 11.2. The molecule has 0 aliphatic carbocycles. The molecule has 108 valence electrons. The maximum atomic E-state index is 11.7. The minimum Gasteiger partial charge on any atom is -0.478 e. The maximum absolute atomic E-state index is 11.7. The first kappa shape index (κ1) is 14.8. The summed E-state index contributed by atoms with van der Waals surface area (Å²) in [7, 11) is -2.90. The summed E-state index contributed by atoms with van der Waals surface area (Å²) >= 11 is 0. The van der Waals surface area contributed by atoms with Crippen LogP contribution in [0.3, 0.4) is 0 Å². The van der Waals surface area contributed by atoms with Gasteiger partial charge in [0.1, 0.15) is 11.8 Å². The predicted molar refractivity (Wildman–Crippen MR) is 76.1 cm³/mol. The van der Waals surface area contributed by atoms with Crippen LogP contribution in [0.1, 0.15) is 18.4 Å². The zero-order valence-corrected chi connectivity index (χ0v) is 12.0. The number of nitriles is 1. The van der Waals surface area contributed by atoms with Crippen LogP contribution >= 0.6 is 0 Å². The smallest absolute Gasteiger partial charge is 0.174 e. The molecule has 0 saturated carbocycles. The minimum atomic E-state index is -2.90. The molecule has 1 aliphatic rings. The molecule has 1 saturated heterocycles. The van der Waals surface area contributed by atoms with Gasteiger partial charge in [0.05, 0.1) is 11.0 Å². The number of para-hydroxylation sites is 1. The Morgan fingerprint density at radius 1 is 1.40 bits per heavy atom. The first-order valence-corrected chi connectivity index (χ1v) is 8.35. The van der Waals surface area contributed by atoms with Crippen LogP contribution in [-0.2, 0) is 16.4 Å². The fourth-order valence-electron chi connectivity index (χ4n) is 2.36. The number of nitrogens with zero attached hydrogens (tertiary/aromatic N) is 1. The van der Waals surface area contributed by atoms with Crippen LogP contribution in [0.25, 0.3) is 0 Å². The van der Waals surface area contributed by atoms with Crippen molar-refractivity contribution in [1.29, 1.82) is 5.26 Å². The molecule has 6 heteroatoms. The van der Waals surface area contributed by atoms with Crippen LogP contribution in [0.2, 0.25) is 0 Å². The molecule has 1 heterocycles. The SMILES string of the molecule is N#CCOc1ccccc1CNCC1CCCS1(=O)=O. The van der Waals surface area contributed by atoms with Gasteiger partial charge in [0.2, 0.25) is 0 Å². The molecule has 1 aliphatic heterocycles. The Bertz CT molecular complexity index is 593. The Hall–Kier alpha value is -1.58. The Kier molecular flexibility index (Phi) is 4.99. The molecule has 0 aromatic heterocycles. The van der Waals surface area contributed by atoms with E-state index in [4.69, 9.17) is 10.00 Å². The molecule has 1 aromatic carbocycles. The quantitative estimate of drug-likeness (QED) is 0.854. The van der Waals surface area contributed by atoms with Crippen molar-refractivity contribution in [2.24, 2.45) is 0 Å². The number of ether oxygens (including phenoxy) is 1. The Labute approximate surface area is 119 Å². The molecule has 1 fully saturated rings. The van der Waals surface area contributed by atoms with Gasteiger partial charge in [-0.3, -0.25) is 0 Å². The first-order chi connectivity index (χ1) is 9.63. The van der Waals surface area contributed by atoms with Gasteiger partial charge >= 0.3 is 0 Å². The van der Waals surface area contributed by atoms with E-state index >= 15 is 0 Å². The van der Waals surface area contributed by atoms with Gasteiger partial charge in [0.15, 0.2) is 16.4 Å². The van der Waals surface area contributed by atoms with Crippen molar-refractivity contribution in [2.75, 3.05) is 18.9 Å². The number of sulfone groups is 1. The Morgan fingerprint density at radius 3 is 2.90 bits per heavy atom. The lowest BCUT2D eigenvalue weighted by atomic mass is 10.2. The van der Waals surface area contributed by atoms with Gasteiger partial charge in [-0.15, -0.1) is 0 Å². The summed E-state index contributed by atoms with van der Waals surface area (Å²) in [5.74, 6) is 0.970. The molecule has 5 nitrogen and oxygen atoms in total. The maximum Gasteiger partial charge on any atom is 0.174 e. The highest BCUT2D eigenvalue weighted by atomic mass is 32.2. The van der Waals surface area contributed by atoms with E-state index in [1.807, 2.05) is 24.3 Å². The molecule has 0 spiro atoms. The minimum absolute atomic E-state index is 0.00795. The number of nitrogens with one attached hydrogen (secondary N) is 1. The third-order valence-corrected chi connectivity index (χ3v) is 5.69. The average Bonchev–Trinajstić information content (AvgIpc) is 2.77. The summed E-state index contributed by atoms with van der Waals surface area (Å²) in [6, 6.07) is 9.38. The fraction of sp³-hybridized carbons (Fsp3) is 0.500. The van der Waals surface area contributed by atoms with E-state index in [2.05, 4.69) is 5.32 Å². The van der Waals surface area contributed by atoms with Gasteiger partial charge < -0.3 is 10.1 Å². The van der Waals surface area contributed by atoms with Crippen LogP contribution < -0.4 is 10.1 Å². The van der Waals surface area contributed by atoms with E-state index in [0.29, 0.717) is 24.6 Å². The number of hydrogen-bond donors (Lipinski definition) is 1. The third-order valence-electron chi connectivity index (χ3n) is 3.42. The van der Waals surface area contributed by atoms with Gasteiger partial charge in [0.25, 0.3) is 0 Å². The van der Waals surface area contributed by atoms with Crippen molar-refractivity contribution >= 4 is 9.84 Å². The molecule has 1 unspecified atom stereocenters. The highest BCUT2D eigenvalue weighted by Crippen LogP contribution is 2.20. The summed E-state index contributed by atoms with van der Waals surface area (Å²) in [6.07, 6.45) is 1.50. The second-order valence-corrected chi connectivity index (χ2v) is 7.22. The van der Waals surface area contributed by atoms with Crippen LogP contribution in [-0.4, -0.2) is 32.6 Å². The van der Waals surface area contributed by atoms with Crippen molar-refractivity contribution in [3.05, 3.63) is 29.8 Å². The second-order valence-electron chi connectivity index (χ2n) is 4.82. The highest BCUT2D eigenvalue weighted by molar-refractivity contribution is 7.92. The summed E-state index contributed by atoms with van der Waals surface area (Å²) in [4.78, 5) is 0. The molecule has 1 atom stereocenters. The van der Waals surface area contributed by atoms with Crippen LogP contribution in [0.15, 0.2) is 24.3 Å². The summed E-state index contributed by atoms with van der Waals surface area (Å²) < 4.78 is 28.8. The Morgan fingerprint density at radius 2 is 2.20 bits per heavy atom. The lowest BCUT2D eigenvalue weighted by Gasteiger charge is -2.13. The molecule has 20 heavy (non-hydrogen) atoms. The molecule has 0 amide bonds. The van der Waals surface area contributed by atoms with Crippen molar-refractivity contribution in [1.82, 2.24) is 5.32 Å². The molecule has 1 aromatic rings. The fourth-order valence-corrected chi connectivity index (χ4v) is 4.16. The molecular weight excluding hydrogens is 276 g/mol. The van der Waals surface area contributed by atoms with E-state index in [9.17, 15) is 8.42 Å². The van der Waals surface area contributed by atoms with Crippen molar-refractivity contribution in [2.45, 2.75) is 24.6 Å². The lowest BCUT2D eigenvalue weighted by molar-refractivity contribution is 0.362. The van der Waals surface area contributed by atoms with Crippen LogP contribution in [0.4, 0.5) is 0 Å². The second kappa shape index (κ2) is 6.73. The van der Waals surface area contributed by atoms with Gasteiger partial charge in [0, 0.05) is 18.7 Å². The number of rotatable bonds is 6. The number of hydrogen-bond acceptors (Lipinski definition) is 5.